The van der Waals surface area contributed by atoms with Crippen LogP contribution in [0.5, 0.6) is 0 Å². The van der Waals surface area contributed by atoms with Gasteiger partial charge in [-0.2, -0.15) is 61.5 Å². The summed E-state index contributed by atoms with van der Waals surface area (Å²) in [7, 11) is 0. The first-order valence-corrected chi connectivity index (χ1v) is 6.03. The van der Waals surface area contributed by atoms with Crippen LogP contribution in [0.4, 0.5) is 65.9 Å². The Morgan fingerprint density at radius 3 is 1.19 bits per heavy atom. The Labute approximate surface area is 133 Å². The molecule has 16 heteroatoms. The second kappa shape index (κ2) is 5.70. The summed E-state index contributed by atoms with van der Waals surface area (Å²) < 4.78 is 196. The molecular weight excluding hydrogens is 421 g/mol. The fourth-order valence-corrected chi connectivity index (χ4v) is 1.76. The van der Waals surface area contributed by atoms with E-state index in [2.05, 4.69) is 4.74 Å². The van der Waals surface area contributed by atoms with Gasteiger partial charge in [-0.15, -0.1) is 0 Å². The Hall–Kier alpha value is -1.09. The Morgan fingerprint density at radius 2 is 0.923 bits per heavy atom. The van der Waals surface area contributed by atoms with Crippen LogP contribution in [0.15, 0.2) is 0 Å². The van der Waals surface area contributed by atoms with Crippen LogP contribution in [0.3, 0.4) is 0 Å². The second-order valence-corrected chi connectivity index (χ2v) is 5.24. The number of epoxide rings is 1. The lowest BCUT2D eigenvalue weighted by molar-refractivity contribution is -0.457. The zero-order valence-corrected chi connectivity index (χ0v) is 11.6. The predicted octanol–water partition coefficient (Wildman–Crippen LogP) is 5.15. The fraction of sp³-hybridized carbons (Fsp3) is 1.00. The van der Waals surface area contributed by atoms with Crippen molar-refractivity contribution in [3.8, 4) is 0 Å². The summed E-state index contributed by atoms with van der Waals surface area (Å²) in [6.45, 7) is -0.730. The molecule has 0 aliphatic carbocycles. The van der Waals surface area contributed by atoms with Crippen molar-refractivity contribution in [3.63, 3.8) is 0 Å². The SMILES string of the molecule is FC(F)(F)C(F)(C(F)(F)F)C(F)(F)C(F)(F)C(F)(F)C(F)(F)C[C@@H]1CO1. The van der Waals surface area contributed by atoms with Gasteiger partial charge in [-0.3, -0.25) is 0 Å². The van der Waals surface area contributed by atoms with E-state index in [1.807, 2.05) is 0 Å². The summed E-state index contributed by atoms with van der Waals surface area (Å²) in [6.07, 6.45) is -20.1. The number of hydrogen-bond donors (Lipinski definition) is 0. The van der Waals surface area contributed by atoms with Crippen LogP contribution >= 0.6 is 0 Å². The van der Waals surface area contributed by atoms with Crippen LogP contribution in [0.25, 0.3) is 0 Å². The normalized spacial score (nSPS) is 21.1. The molecule has 0 unspecified atom stereocenters. The molecule has 1 aliphatic rings. The molecule has 1 aliphatic heterocycles. The molecule has 0 aromatic rings. The van der Waals surface area contributed by atoms with Crippen molar-refractivity contribution in [3.05, 3.63) is 0 Å². The van der Waals surface area contributed by atoms with Crippen molar-refractivity contribution < 1.29 is 70.6 Å². The zero-order valence-electron chi connectivity index (χ0n) is 11.6. The summed E-state index contributed by atoms with van der Waals surface area (Å²) in [5, 5.41) is 0. The van der Waals surface area contributed by atoms with Gasteiger partial charge in [-0.1, -0.05) is 0 Å². The van der Waals surface area contributed by atoms with Gasteiger partial charge < -0.3 is 4.74 Å². The van der Waals surface area contributed by atoms with E-state index in [1.165, 1.54) is 0 Å². The van der Waals surface area contributed by atoms with Crippen molar-refractivity contribution in [1.29, 1.82) is 0 Å². The molecule has 0 amide bonds. The molecule has 1 fully saturated rings. The summed E-state index contributed by atoms with van der Waals surface area (Å²) in [5.74, 6) is -30.2. The lowest BCUT2D eigenvalue weighted by Gasteiger charge is -2.43. The molecule has 0 aromatic heterocycles. The standard InChI is InChI=1S/C10H5F15O/c11-4(12,1-3-2-26-3)6(14,15)8(18,19)7(16,17)5(13,9(20,21)22)10(23,24)25/h3H,1-2H2/t3-/m1/s1. The minimum atomic E-state index is -8.35. The van der Waals surface area contributed by atoms with Gasteiger partial charge in [0.25, 0.3) is 0 Å². The third-order valence-corrected chi connectivity index (χ3v) is 3.35. The number of ether oxygens (including phenoxy) is 1. The van der Waals surface area contributed by atoms with E-state index in [1.54, 1.807) is 0 Å². The Morgan fingerprint density at radius 1 is 0.577 bits per heavy atom. The number of alkyl halides is 15. The van der Waals surface area contributed by atoms with E-state index in [-0.39, 0.29) is 0 Å². The second-order valence-electron chi connectivity index (χ2n) is 5.24. The monoisotopic (exact) mass is 426 g/mol. The zero-order chi connectivity index (χ0) is 21.2. The molecule has 26 heavy (non-hydrogen) atoms. The maximum atomic E-state index is 13.2. The molecule has 0 saturated carbocycles. The Bertz CT molecular complexity index is 512. The maximum Gasteiger partial charge on any atom is 0.438 e. The average molecular weight is 426 g/mol. The first-order chi connectivity index (χ1) is 11.1. The molecular formula is C10H5F15O. The molecule has 1 saturated heterocycles. The third-order valence-electron chi connectivity index (χ3n) is 3.35. The fourth-order valence-electron chi connectivity index (χ4n) is 1.76. The molecule has 0 radical (unpaired) electrons. The minimum Gasteiger partial charge on any atom is -0.373 e. The molecule has 156 valence electrons. The topological polar surface area (TPSA) is 12.5 Å². The van der Waals surface area contributed by atoms with E-state index < -0.39 is 60.8 Å². The summed E-state index contributed by atoms with van der Waals surface area (Å²) in [5.41, 5.74) is -8.24. The number of rotatable bonds is 6. The van der Waals surface area contributed by atoms with E-state index in [0.29, 0.717) is 0 Å². The van der Waals surface area contributed by atoms with Gasteiger partial charge in [0.05, 0.1) is 12.7 Å². The quantitative estimate of drug-likeness (QED) is 0.423. The van der Waals surface area contributed by atoms with Crippen molar-refractivity contribution in [2.24, 2.45) is 0 Å². The van der Waals surface area contributed by atoms with Crippen molar-refractivity contribution in [2.75, 3.05) is 6.61 Å². The Balaban J connectivity index is 3.54. The van der Waals surface area contributed by atoms with E-state index >= 15 is 0 Å². The van der Waals surface area contributed by atoms with Crippen molar-refractivity contribution >= 4 is 0 Å². The molecule has 1 rings (SSSR count). The molecule has 1 heterocycles. The first kappa shape index (κ1) is 23.0. The lowest BCUT2D eigenvalue weighted by Crippen LogP contribution is -2.75. The highest BCUT2D eigenvalue weighted by atomic mass is 19.4. The molecule has 1 atom stereocenters. The highest BCUT2D eigenvalue weighted by molar-refractivity contribution is 5.16. The van der Waals surface area contributed by atoms with Crippen molar-refractivity contribution in [1.82, 2.24) is 0 Å². The van der Waals surface area contributed by atoms with Crippen LogP contribution in [-0.4, -0.2) is 54.4 Å². The Kier molecular flexibility index (Phi) is 5.03. The van der Waals surface area contributed by atoms with Crippen LogP contribution in [0.1, 0.15) is 6.42 Å². The largest absolute Gasteiger partial charge is 0.438 e. The van der Waals surface area contributed by atoms with Crippen LogP contribution < -0.4 is 0 Å². The van der Waals surface area contributed by atoms with E-state index in [9.17, 15) is 65.9 Å². The lowest BCUT2D eigenvalue weighted by atomic mass is 9.85. The maximum absolute atomic E-state index is 13.2. The number of hydrogen-bond acceptors (Lipinski definition) is 1. The van der Waals surface area contributed by atoms with Crippen LogP contribution in [0, 0.1) is 0 Å². The van der Waals surface area contributed by atoms with Gasteiger partial charge in [-0.25, -0.2) is 4.39 Å². The van der Waals surface area contributed by atoms with Crippen molar-refractivity contribution in [2.45, 2.75) is 54.2 Å². The van der Waals surface area contributed by atoms with Crippen LogP contribution in [0.2, 0.25) is 0 Å². The van der Waals surface area contributed by atoms with Gasteiger partial charge in [0, 0.05) is 6.42 Å². The smallest absolute Gasteiger partial charge is 0.373 e. The average Bonchev–Trinajstić information content (AvgIpc) is 3.17. The first-order valence-electron chi connectivity index (χ1n) is 6.03. The van der Waals surface area contributed by atoms with Gasteiger partial charge in [-0.05, 0) is 0 Å². The third kappa shape index (κ3) is 2.96. The van der Waals surface area contributed by atoms with E-state index in [4.69, 9.17) is 0 Å². The molecule has 1 nitrogen and oxygen atoms in total. The van der Waals surface area contributed by atoms with Gasteiger partial charge in [0.15, 0.2) is 0 Å². The summed E-state index contributed by atoms with van der Waals surface area (Å²) in [4.78, 5) is 0. The highest BCUT2D eigenvalue weighted by Gasteiger charge is 2.95. The highest BCUT2D eigenvalue weighted by Crippen LogP contribution is 2.64. The molecule has 0 aromatic carbocycles. The van der Waals surface area contributed by atoms with E-state index in [0.717, 1.165) is 0 Å². The minimum absolute atomic E-state index is 0.730. The van der Waals surface area contributed by atoms with Gasteiger partial charge in [0.2, 0.25) is 0 Å². The summed E-state index contributed by atoms with van der Waals surface area (Å²) >= 11 is 0. The van der Waals surface area contributed by atoms with Gasteiger partial charge >= 0.3 is 41.7 Å². The molecule has 0 bridgehead atoms. The molecule has 0 spiro atoms. The summed E-state index contributed by atoms with van der Waals surface area (Å²) in [6, 6.07) is 0. The van der Waals surface area contributed by atoms with Crippen LogP contribution in [-0.2, 0) is 4.74 Å². The molecule has 0 N–H and O–H groups in total. The van der Waals surface area contributed by atoms with Gasteiger partial charge in [0.1, 0.15) is 0 Å². The number of halogens is 15. The predicted molar refractivity (Wildman–Crippen MR) is 50.1 cm³/mol.